The zero-order chi connectivity index (χ0) is 10.3. The lowest BCUT2D eigenvalue weighted by Gasteiger charge is -1.99. The van der Waals surface area contributed by atoms with Crippen molar-refractivity contribution in [1.82, 2.24) is 0 Å². The van der Waals surface area contributed by atoms with Gasteiger partial charge in [-0.3, -0.25) is 0 Å². The van der Waals surface area contributed by atoms with Gasteiger partial charge in [0.1, 0.15) is 0 Å². The fraction of sp³-hybridized carbons (Fsp3) is 0.200. The van der Waals surface area contributed by atoms with Crippen LogP contribution in [0.2, 0.25) is 0 Å². The molecule has 0 unspecified atom stereocenters. The van der Waals surface area contributed by atoms with Crippen LogP contribution in [-0.2, 0) is 0 Å². The summed E-state index contributed by atoms with van der Waals surface area (Å²) in [5.74, 6) is 0. The van der Waals surface area contributed by atoms with Crippen LogP contribution in [-0.4, -0.2) is 0 Å². The Morgan fingerprint density at radius 3 is 2.64 bits per heavy atom. The lowest BCUT2D eigenvalue weighted by molar-refractivity contribution is 0.151. The molecule has 0 saturated carbocycles. The van der Waals surface area contributed by atoms with Gasteiger partial charge in [0.15, 0.2) is 5.13 Å². The van der Waals surface area contributed by atoms with Crippen LogP contribution in [0.5, 0.6) is 0 Å². The molecule has 1 heterocycles. The molecule has 0 N–H and O–H groups in total. The van der Waals surface area contributed by atoms with E-state index in [-0.39, 0.29) is 10.7 Å². The number of hydrogen-bond donors (Lipinski definition) is 0. The minimum atomic E-state index is -2.50. The zero-order valence-electron chi connectivity index (χ0n) is 7.35. The fourth-order valence-corrected chi connectivity index (χ4v) is 2.26. The number of fused-ring (bicyclic) bond motifs is 1. The molecule has 0 bridgehead atoms. The van der Waals surface area contributed by atoms with Gasteiger partial charge in [-0.25, -0.2) is 8.78 Å². The molecule has 0 radical (unpaired) electrons. The summed E-state index contributed by atoms with van der Waals surface area (Å²) in [6, 6.07) is 4.23. The molecule has 0 aliphatic carbocycles. The molecule has 14 heavy (non-hydrogen) atoms. The lowest BCUT2D eigenvalue weighted by atomic mass is 10.1. The van der Waals surface area contributed by atoms with Gasteiger partial charge in [-0.15, -0.1) is 11.3 Å². The Morgan fingerprint density at radius 1 is 1.29 bits per heavy atom. The van der Waals surface area contributed by atoms with E-state index >= 15 is 0 Å². The van der Waals surface area contributed by atoms with Crippen LogP contribution < -0.4 is 0 Å². The van der Waals surface area contributed by atoms with Gasteiger partial charge < -0.3 is 0 Å². The van der Waals surface area contributed by atoms with Crippen LogP contribution in [0.3, 0.4) is 0 Å². The topological polar surface area (TPSA) is 0 Å². The Bertz CT molecular complexity index is 473. The Morgan fingerprint density at radius 2 is 2.00 bits per heavy atom. The molecule has 0 nitrogen and oxygen atoms in total. The summed E-state index contributed by atoms with van der Waals surface area (Å²) in [4.78, 5) is 0. The monoisotopic (exact) mass is 216 g/mol. The van der Waals surface area contributed by atoms with Crippen molar-refractivity contribution in [1.29, 1.82) is 0 Å². The number of halogens is 3. The van der Waals surface area contributed by atoms with Crippen LogP contribution in [0, 0.1) is 12.1 Å². The first kappa shape index (κ1) is 9.52. The van der Waals surface area contributed by atoms with Crippen molar-refractivity contribution < 1.29 is 13.2 Å². The third-order valence-corrected chi connectivity index (χ3v) is 3.22. The van der Waals surface area contributed by atoms with Crippen LogP contribution in [0.4, 0.5) is 13.2 Å². The second kappa shape index (κ2) is 3.28. The second-order valence-electron chi connectivity index (χ2n) is 3.06. The molecule has 0 aliphatic rings. The van der Waals surface area contributed by atoms with Crippen molar-refractivity contribution in [2.24, 2.45) is 0 Å². The highest BCUT2D eigenvalue weighted by molar-refractivity contribution is 7.17. The van der Waals surface area contributed by atoms with Crippen molar-refractivity contribution in [2.75, 3.05) is 0 Å². The number of alkyl halides is 2. The minimum absolute atomic E-state index is 0.0570. The molecular weight excluding hydrogens is 209 g/mol. The number of rotatable bonds is 1. The first-order valence-corrected chi connectivity index (χ1v) is 4.88. The highest BCUT2D eigenvalue weighted by atomic mass is 32.1. The Labute approximate surface area is 83.0 Å². The van der Waals surface area contributed by atoms with E-state index in [1.54, 1.807) is 6.92 Å². The summed E-state index contributed by atoms with van der Waals surface area (Å²) in [6.07, 6.45) is -2.50. The minimum Gasteiger partial charge on any atom is -0.205 e. The quantitative estimate of drug-likeness (QED) is 0.667. The molecule has 1 aromatic carbocycles. The third-order valence-electron chi connectivity index (χ3n) is 2.15. The van der Waals surface area contributed by atoms with E-state index in [2.05, 4.69) is 0 Å². The van der Waals surface area contributed by atoms with Gasteiger partial charge in [0.2, 0.25) is 0 Å². The molecule has 2 rings (SSSR count). The third kappa shape index (κ3) is 1.39. The van der Waals surface area contributed by atoms with Gasteiger partial charge in [0.25, 0.3) is 6.43 Å². The first-order chi connectivity index (χ1) is 6.59. The SMILES string of the molecule is Cc1c(F)sc2ccc(C(F)F)cc12. The zero-order valence-corrected chi connectivity index (χ0v) is 8.17. The fourth-order valence-electron chi connectivity index (χ4n) is 1.34. The largest absolute Gasteiger partial charge is 0.263 e. The molecule has 0 atom stereocenters. The average Bonchev–Trinajstić information content (AvgIpc) is 2.43. The van der Waals surface area contributed by atoms with E-state index in [0.717, 1.165) is 11.3 Å². The smallest absolute Gasteiger partial charge is 0.205 e. The Balaban J connectivity index is 2.69. The molecule has 0 fully saturated rings. The van der Waals surface area contributed by atoms with Gasteiger partial charge in [-0.1, -0.05) is 6.07 Å². The van der Waals surface area contributed by atoms with Gasteiger partial charge in [-0.05, 0) is 24.4 Å². The van der Waals surface area contributed by atoms with E-state index in [1.807, 2.05) is 0 Å². The van der Waals surface area contributed by atoms with Gasteiger partial charge in [0.05, 0.1) is 0 Å². The lowest BCUT2D eigenvalue weighted by Crippen LogP contribution is -1.82. The molecule has 74 valence electrons. The average molecular weight is 216 g/mol. The van der Waals surface area contributed by atoms with E-state index in [9.17, 15) is 13.2 Å². The number of benzene rings is 1. The summed E-state index contributed by atoms with van der Waals surface area (Å²) < 4.78 is 38.5. The standard InChI is InChI=1S/C10H7F3S/c1-5-7-4-6(9(11)12)2-3-8(7)14-10(5)13/h2-4,9H,1H3. The Hall–Kier alpha value is -1.03. The molecule has 0 amide bonds. The van der Waals surface area contributed by atoms with E-state index < -0.39 is 6.43 Å². The maximum atomic E-state index is 13.1. The first-order valence-electron chi connectivity index (χ1n) is 4.06. The molecule has 0 saturated heterocycles. The van der Waals surface area contributed by atoms with Crippen molar-refractivity contribution >= 4 is 21.4 Å². The molecule has 1 aromatic heterocycles. The van der Waals surface area contributed by atoms with E-state index in [4.69, 9.17) is 0 Å². The summed E-state index contributed by atoms with van der Waals surface area (Å²) in [5.41, 5.74) is 0.394. The highest BCUT2D eigenvalue weighted by Crippen LogP contribution is 2.32. The number of aryl methyl sites for hydroxylation is 1. The van der Waals surface area contributed by atoms with Crippen LogP contribution in [0.15, 0.2) is 18.2 Å². The Kier molecular flexibility index (Phi) is 2.23. The van der Waals surface area contributed by atoms with Crippen molar-refractivity contribution in [3.63, 3.8) is 0 Å². The van der Waals surface area contributed by atoms with Crippen molar-refractivity contribution in [3.8, 4) is 0 Å². The molecule has 0 spiro atoms. The van der Waals surface area contributed by atoms with Crippen LogP contribution in [0.25, 0.3) is 10.1 Å². The molecule has 2 aromatic rings. The highest BCUT2D eigenvalue weighted by Gasteiger charge is 2.12. The predicted octanol–water partition coefficient (Wildman–Crippen LogP) is 4.29. The van der Waals surface area contributed by atoms with E-state index in [0.29, 0.717) is 15.6 Å². The number of thiophene rings is 1. The van der Waals surface area contributed by atoms with E-state index in [1.165, 1.54) is 18.2 Å². The molecular formula is C10H7F3S. The normalized spacial score (nSPS) is 11.5. The second-order valence-corrected chi connectivity index (χ2v) is 4.06. The van der Waals surface area contributed by atoms with Gasteiger partial charge in [-0.2, -0.15) is 4.39 Å². The van der Waals surface area contributed by atoms with Crippen molar-refractivity contribution in [2.45, 2.75) is 13.3 Å². The van der Waals surface area contributed by atoms with Gasteiger partial charge in [0, 0.05) is 15.8 Å². The maximum Gasteiger partial charge on any atom is 0.263 e. The summed E-state index contributed by atoms with van der Waals surface area (Å²) >= 11 is 0.988. The predicted molar refractivity (Wildman–Crippen MR) is 51.5 cm³/mol. The van der Waals surface area contributed by atoms with Crippen LogP contribution in [0.1, 0.15) is 17.6 Å². The molecule has 4 heteroatoms. The summed E-state index contributed by atoms with van der Waals surface area (Å²) in [6.45, 7) is 1.60. The maximum absolute atomic E-state index is 13.1. The number of hydrogen-bond acceptors (Lipinski definition) is 1. The molecule has 0 aliphatic heterocycles. The summed E-state index contributed by atoms with van der Waals surface area (Å²) in [5, 5.41) is 0.289. The van der Waals surface area contributed by atoms with Crippen LogP contribution >= 0.6 is 11.3 Å². The van der Waals surface area contributed by atoms with Crippen molar-refractivity contribution in [3.05, 3.63) is 34.5 Å². The summed E-state index contributed by atoms with van der Waals surface area (Å²) in [7, 11) is 0. The van der Waals surface area contributed by atoms with Gasteiger partial charge >= 0.3 is 0 Å².